The molecule has 3 rings (SSSR count). The summed E-state index contributed by atoms with van der Waals surface area (Å²) in [6.07, 6.45) is 1.54. The Morgan fingerprint density at radius 2 is 2.35 bits per heavy atom. The zero-order valence-electron chi connectivity index (χ0n) is 8.77. The van der Waals surface area contributed by atoms with Crippen LogP contribution in [-0.2, 0) is 0 Å². The Kier molecular flexibility index (Phi) is 2.05. The van der Waals surface area contributed by atoms with Gasteiger partial charge >= 0.3 is 0 Å². The highest BCUT2D eigenvalue weighted by molar-refractivity contribution is 6.39. The number of rotatable bonds is 1. The molecule has 3 aromatic rings. The first kappa shape index (κ1) is 10.1. The molecule has 0 amide bonds. The van der Waals surface area contributed by atoms with Gasteiger partial charge < -0.3 is 9.82 Å². The number of fused-ring (bicyclic) bond motifs is 2. The molecule has 0 fully saturated rings. The van der Waals surface area contributed by atoms with Crippen molar-refractivity contribution >= 4 is 33.5 Å². The molecule has 6 nitrogen and oxygen atoms in total. The van der Waals surface area contributed by atoms with Gasteiger partial charge in [-0.25, -0.2) is 0 Å². The molecule has 0 saturated carbocycles. The average molecular weight is 251 g/mol. The van der Waals surface area contributed by atoms with Gasteiger partial charge in [0.05, 0.1) is 10.5 Å². The van der Waals surface area contributed by atoms with E-state index >= 15 is 0 Å². The monoisotopic (exact) mass is 250 g/mol. The maximum atomic E-state index is 11.7. The third kappa shape index (κ3) is 1.31. The number of hydrogen-bond donors (Lipinski definition) is 1. The Labute approximate surface area is 99.7 Å². The standard InChI is InChI=1S/C10H7ClN4O2/c1-17-15-6-4-5-7(16)2-3-12-9(5)8(11)10(6)13-14-15/h2-4H,1H3,(H,12,16). The summed E-state index contributed by atoms with van der Waals surface area (Å²) in [5.41, 5.74) is 1.48. The second kappa shape index (κ2) is 3.46. The van der Waals surface area contributed by atoms with Crippen molar-refractivity contribution in [1.29, 1.82) is 0 Å². The molecule has 1 aromatic carbocycles. The predicted molar refractivity (Wildman–Crippen MR) is 63.2 cm³/mol. The van der Waals surface area contributed by atoms with E-state index in [9.17, 15) is 4.79 Å². The molecule has 0 aliphatic rings. The highest BCUT2D eigenvalue weighted by atomic mass is 35.5. The number of nitrogens with one attached hydrogen (secondary N) is 1. The van der Waals surface area contributed by atoms with E-state index in [1.165, 1.54) is 18.0 Å². The third-order valence-corrected chi connectivity index (χ3v) is 2.92. The highest BCUT2D eigenvalue weighted by Crippen LogP contribution is 2.27. The van der Waals surface area contributed by atoms with Gasteiger partial charge in [-0.1, -0.05) is 16.4 Å². The van der Waals surface area contributed by atoms with Gasteiger partial charge in [-0.2, -0.15) is 0 Å². The quantitative estimate of drug-likeness (QED) is 0.699. The molecule has 0 aliphatic heterocycles. The van der Waals surface area contributed by atoms with Crippen LogP contribution in [0.5, 0.6) is 0 Å². The Morgan fingerprint density at radius 1 is 1.53 bits per heavy atom. The number of H-pyrrole nitrogens is 1. The van der Waals surface area contributed by atoms with Gasteiger partial charge in [0.1, 0.15) is 18.1 Å². The van der Waals surface area contributed by atoms with E-state index in [-0.39, 0.29) is 5.43 Å². The Balaban J connectivity index is 2.59. The van der Waals surface area contributed by atoms with Crippen molar-refractivity contribution in [2.24, 2.45) is 0 Å². The molecule has 86 valence electrons. The summed E-state index contributed by atoms with van der Waals surface area (Å²) in [5.74, 6) is 0. The number of hydrogen-bond acceptors (Lipinski definition) is 4. The number of aromatic nitrogens is 4. The molecule has 2 heterocycles. The van der Waals surface area contributed by atoms with Crippen LogP contribution in [0.4, 0.5) is 0 Å². The Bertz CT molecular complexity index is 777. The molecule has 0 aliphatic carbocycles. The topological polar surface area (TPSA) is 72.8 Å². The van der Waals surface area contributed by atoms with E-state index in [1.807, 2.05) is 0 Å². The van der Waals surface area contributed by atoms with E-state index in [2.05, 4.69) is 15.3 Å². The lowest BCUT2D eigenvalue weighted by molar-refractivity contribution is 0.139. The summed E-state index contributed by atoms with van der Waals surface area (Å²) < 4.78 is 0. The SMILES string of the molecule is COn1nnc2c(Cl)c3[nH]ccc(=O)c3cc21. The minimum Gasteiger partial charge on any atom is -0.398 e. The van der Waals surface area contributed by atoms with Crippen LogP contribution in [-0.4, -0.2) is 27.3 Å². The number of aromatic amines is 1. The van der Waals surface area contributed by atoms with Gasteiger partial charge in [0.25, 0.3) is 0 Å². The minimum absolute atomic E-state index is 0.119. The maximum Gasteiger partial charge on any atom is 0.189 e. The van der Waals surface area contributed by atoms with Crippen molar-refractivity contribution < 1.29 is 4.84 Å². The van der Waals surface area contributed by atoms with Crippen LogP contribution in [0.15, 0.2) is 23.1 Å². The molecular weight excluding hydrogens is 244 g/mol. The van der Waals surface area contributed by atoms with Gasteiger partial charge in [-0.05, 0) is 11.3 Å². The van der Waals surface area contributed by atoms with E-state index < -0.39 is 0 Å². The number of halogens is 1. The van der Waals surface area contributed by atoms with Crippen molar-refractivity contribution in [2.75, 3.05) is 7.11 Å². The minimum atomic E-state index is -0.119. The van der Waals surface area contributed by atoms with E-state index in [4.69, 9.17) is 16.4 Å². The van der Waals surface area contributed by atoms with Crippen LogP contribution in [0, 0.1) is 0 Å². The second-order valence-corrected chi connectivity index (χ2v) is 3.85. The summed E-state index contributed by atoms with van der Waals surface area (Å²) in [7, 11) is 1.46. The molecular formula is C10H7ClN4O2. The fourth-order valence-electron chi connectivity index (χ4n) is 1.76. The van der Waals surface area contributed by atoms with Gasteiger partial charge in [0.15, 0.2) is 5.43 Å². The van der Waals surface area contributed by atoms with Crippen molar-refractivity contribution in [1.82, 2.24) is 20.1 Å². The molecule has 17 heavy (non-hydrogen) atoms. The smallest absolute Gasteiger partial charge is 0.189 e. The highest BCUT2D eigenvalue weighted by Gasteiger charge is 2.14. The van der Waals surface area contributed by atoms with Crippen molar-refractivity contribution in [3.05, 3.63) is 33.6 Å². The van der Waals surface area contributed by atoms with Crippen molar-refractivity contribution in [2.45, 2.75) is 0 Å². The molecule has 2 aromatic heterocycles. The molecule has 7 heteroatoms. The molecule has 0 radical (unpaired) electrons. The fraction of sp³-hybridized carbons (Fsp3) is 0.100. The molecule has 0 spiro atoms. The summed E-state index contributed by atoms with van der Waals surface area (Å²) in [4.78, 5) is 20.9. The summed E-state index contributed by atoms with van der Waals surface area (Å²) in [6.45, 7) is 0. The summed E-state index contributed by atoms with van der Waals surface area (Å²) in [6, 6.07) is 3.09. The zero-order valence-corrected chi connectivity index (χ0v) is 9.52. The van der Waals surface area contributed by atoms with Crippen LogP contribution >= 0.6 is 11.6 Å². The predicted octanol–water partition coefficient (Wildman–Crippen LogP) is 0.985. The largest absolute Gasteiger partial charge is 0.398 e. The van der Waals surface area contributed by atoms with Gasteiger partial charge in [-0.3, -0.25) is 4.79 Å². The van der Waals surface area contributed by atoms with Crippen LogP contribution in [0.25, 0.3) is 21.9 Å². The first-order valence-corrected chi connectivity index (χ1v) is 5.20. The van der Waals surface area contributed by atoms with E-state index in [0.717, 1.165) is 0 Å². The Morgan fingerprint density at radius 3 is 3.12 bits per heavy atom. The zero-order chi connectivity index (χ0) is 12.0. The molecule has 1 N–H and O–H groups in total. The normalized spacial score (nSPS) is 11.2. The van der Waals surface area contributed by atoms with Crippen LogP contribution in [0.3, 0.4) is 0 Å². The molecule has 0 bridgehead atoms. The number of benzene rings is 1. The average Bonchev–Trinajstić information content (AvgIpc) is 2.74. The Hall–Kier alpha value is -2.08. The fourth-order valence-corrected chi connectivity index (χ4v) is 2.05. The number of pyridine rings is 1. The maximum absolute atomic E-state index is 11.7. The van der Waals surface area contributed by atoms with Gasteiger partial charge in [0, 0.05) is 17.6 Å². The summed E-state index contributed by atoms with van der Waals surface area (Å²) in [5, 5.41) is 8.51. The van der Waals surface area contributed by atoms with E-state index in [0.29, 0.717) is 27.0 Å². The second-order valence-electron chi connectivity index (χ2n) is 3.47. The van der Waals surface area contributed by atoms with Crippen molar-refractivity contribution in [3.8, 4) is 0 Å². The molecule has 0 unspecified atom stereocenters. The van der Waals surface area contributed by atoms with Crippen LogP contribution in [0.2, 0.25) is 5.02 Å². The lowest BCUT2D eigenvalue weighted by Crippen LogP contribution is -2.08. The first-order chi connectivity index (χ1) is 8.22. The molecule has 0 saturated heterocycles. The van der Waals surface area contributed by atoms with E-state index in [1.54, 1.807) is 12.3 Å². The first-order valence-electron chi connectivity index (χ1n) is 4.82. The lowest BCUT2D eigenvalue weighted by atomic mass is 10.2. The van der Waals surface area contributed by atoms with Crippen LogP contribution < -0.4 is 10.3 Å². The summed E-state index contributed by atoms with van der Waals surface area (Å²) >= 11 is 6.18. The lowest BCUT2D eigenvalue weighted by Gasteiger charge is -2.02. The van der Waals surface area contributed by atoms with Crippen LogP contribution in [0.1, 0.15) is 0 Å². The number of nitrogens with zero attached hydrogens (tertiary/aromatic N) is 3. The van der Waals surface area contributed by atoms with Crippen molar-refractivity contribution in [3.63, 3.8) is 0 Å². The van der Waals surface area contributed by atoms with Gasteiger partial charge in [0.2, 0.25) is 0 Å². The van der Waals surface area contributed by atoms with Gasteiger partial charge in [-0.15, -0.1) is 5.10 Å². The third-order valence-electron chi connectivity index (χ3n) is 2.55. The molecule has 0 atom stereocenters.